The van der Waals surface area contributed by atoms with Crippen LogP contribution in [0.1, 0.15) is 26.2 Å². The summed E-state index contributed by atoms with van der Waals surface area (Å²) >= 11 is 0. The first-order chi connectivity index (χ1) is 8.36. The third-order valence-electron chi connectivity index (χ3n) is 3.34. The van der Waals surface area contributed by atoms with Crippen molar-refractivity contribution in [1.82, 2.24) is 0 Å². The molecule has 1 aliphatic rings. The number of nitrogens with two attached hydrogens (primary N) is 1. The van der Waals surface area contributed by atoms with Crippen molar-refractivity contribution < 1.29 is 13.0 Å². The van der Waals surface area contributed by atoms with E-state index in [9.17, 15) is 13.0 Å². The van der Waals surface area contributed by atoms with Crippen LogP contribution in [0.2, 0.25) is 0 Å². The van der Waals surface area contributed by atoms with Gasteiger partial charge in [-0.3, -0.25) is 4.55 Å². The second kappa shape index (κ2) is 4.78. The van der Waals surface area contributed by atoms with E-state index < -0.39 is 10.1 Å². The van der Waals surface area contributed by atoms with E-state index in [0.717, 1.165) is 19.3 Å². The van der Waals surface area contributed by atoms with Crippen LogP contribution in [0.3, 0.4) is 0 Å². The standard InChI is InChI=1S/C12H18N2O3S/c1-8-2-4-10(6-8)14-11-5-3-9(13)7-12(11)18(15,16)17/h3,5,7-8,10,14H,2,4,6,13H2,1H3,(H,15,16,17). The molecule has 5 nitrogen and oxygen atoms in total. The highest BCUT2D eigenvalue weighted by atomic mass is 32.2. The maximum Gasteiger partial charge on any atom is 0.296 e. The summed E-state index contributed by atoms with van der Waals surface area (Å²) in [6.07, 6.45) is 3.15. The lowest BCUT2D eigenvalue weighted by molar-refractivity contribution is 0.483. The number of anilines is 2. The van der Waals surface area contributed by atoms with Crippen LogP contribution < -0.4 is 11.1 Å². The van der Waals surface area contributed by atoms with Crippen molar-refractivity contribution in [1.29, 1.82) is 0 Å². The summed E-state index contributed by atoms with van der Waals surface area (Å²) in [5.74, 6) is 0.644. The number of hydrogen-bond donors (Lipinski definition) is 3. The Balaban J connectivity index is 2.27. The molecule has 0 bridgehead atoms. The molecular weight excluding hydrogens is 252 g/mol. The fourth-order valence-electron chi connectivity index (χ4n) is 2.43. The quantitative estimate of drug-likeness (QED) is 0.578. The highest BCUT2D eigenvalue weighted by molar-refractivity contribution is 7.86. The Labute approximate surface area is 107 Å². The first-order valence-electron chi connectivity index (χ1n) is 6.00. The first kappa shape index (κ1) is 13.2. The number of nitrogen functional groups attached to an aromatic ring is 1. The molecule has 1 saturated carbocycles. The van der Waals surface area contributed by atoms with Crippen LogP contribution in [0.5, 0.6) is 0 Å². The Hall–Kier alpha value is -1.27. The lowest BCUT2D eigenvalue weighted by atomic mass is 10.1. The van der Waals surface area contributed by atoms with E-state index in [4.69, 9.17) is 5.73 Å². The van der Waals surface area contributed by atoms with Gasteiger partial charge in [0.25, 0.3) is 10.1 Å². The van der Waals surface area contributed by atoms with Crippen molar-refractivity contribution in [2.75, 3.05) is 11.1 Å². The van der Waals surface area contributed by atoms with Crippen LogP contribution in [0.4, 0.5) is 11.4 Å². The molecule has 0 aromatic heterocycles. The molecule has 6 heteroatoms. The largest absolute Gasteiger partial charge is 0.399 e. The molecule has 0 heterocycles. The third kappa shape index (κ3) is 2.94. The van der Waals surface area contributed by atoms with Crippen molar-refractivity contribution in [3.63, 3.8) is 0 Å². The van der Waals surface area contributed by atoms with Gasteiger partial charge in [0.2, 0.25) is 0 Å². The summed E-state index contributed by atoms with van der Waals surface area (Å²) in [5, 5.41) is 3.18. The Morgan fingerprint density at radius 3 is 2.67 bits per heavy atom. The molecule has 2 unspecified atom stereocenters. The number of hydrogen-bond acceptors (Lipinski definition) is 4. The lowest BCUT2D eigenvalue weighted by Gasteiger charge is -2.16. The van der Waals surface area contributed by atoms with E-state index in [1.165, 1.54) is 6.07 Å². The van der Waals surface area contributed by atoms with Gasteiger partial charge in [0.1, 0.15) is 4.90 Å². The molecule has 0 amide bonds. The van der Waals surface area contributed by atoms with Gasteiger partial charge in [0.05, 0.1) is 5.69 Å². The van der Waals surface area contributed by atoms with Crippen LogP contribution in [0.15, 0.2) is 23.1 Å². The van der Waals surface area contributed by atoms with Gasteiger partial charge in [-0.05, 0) is 43.4 Å². The maximum absolute atomic E-state index is 11.3. The van der Waals surface area contributed by atoms with Crippen molar-refractivity contribution in [3.8, 4) is 0 Å². The van der Waals surface area contributed by atoms with Crippen molar-refractivity contribution in [2.24, 2.45) is 5.92 Å². The highest BCUT2D eigenvalue weighted by Gasteiger charge is 2.23. The summed E-state index contributed by atoms with van der Waals surface area (Å²) in [4.78, 5) is -0.151. The van der Waals surface area contributed by atoms with E-state index in [1.807, 2.05) is 0 Å². The van der Waals surface area contributed by atoms with Gasteiger partial charge in [-0.25, -0.2) is 0 Å². The SMILES string of the molecule is CC1CCC(Nc2ccc(N)cc2S(=O)(=O)O)C1. The minimum Gasteiger partial charge on any atom is -0.399 e. The summed E-state index contributed by atoms with van der Waals surface area (Å²) in [7, 11) is -4.25. The normalized spacial score (nSPS) is 24.1. The van der Waals surface area contributed by atoms with Crippen molar-refractivity contribution in [2.45, 2.75) is 37.1 Å². The van der Waals surface area contributed by atoms with Crippen molar-refractivity contribution >= 4 is 21.5 Å². The molecule has 4 N–H and O–H groups in total. The molecule has 1 aliphatic carbocycles. The predicted octanol–water partition coefficient (Wildman–Crippen LogP) is 2.12. The Kier molecular flexibility index (Phi) is 3.49. The fourth-order valence-corrected chi connectivity index (χ4v) is 3.12. The molecule has 2 atom stereocenters. The first-order valence-corrected chi connectivity index (χ1v) is 7.44. The molecule has 100 valence electrons. The second-order valence-corrected chi connectivity index (χ2v) is 6.38. The van der Waals surface area contributed by atoms with Crippen LogP contribution in [-0.4, -0.2) is 19.0 Å². The van der Waals surface area contributed by atoms with Crippen molar-refractivity contribution in [3.05, 3.63) is 18.2 Å². The molecule has 2 rings (SSSR count). The minimum absolute atomic E-state index is 0.151. The van der Waals surface area contributed by atoms with Gasteiger partial charge in [-0.15, -0.1) is 0 Å². The van der Waals surface area contributed by atoms with E-state index >= 15 is 0 Å². The smallest absolute Gasteiger partial charge is 0.296 e. The molecule has 1 aromatic rings. The van der Waals surface area contributed by atoms with E-state index in [1.54, 1.807) is 12.1 Å². The minimum atomic E-state index is -4.25. The maximum atomic E-state index is 11.3. The zero-order chi connectivity index (χ0) is 13.3. The Morgan fingerprint density at radius 2 is 2.11 bits per heavy atom. The molecule has 1 aromatic carbocycles. The second-order valence-electron chi connectivity index (χ2n) is 4.99. The van der Waals surface area contributed by atoms with Gasteiger partial charge < -0.3 is 11.1 Å². The van der Waals surface area contributed by atoms with E-state index in [-0.39, 0.29) is 10.9 Å². The summed E-state index contributed by atoms with van der Waals surface area (Å²) in [6, 6.07) is 4.75. The fraction of sp³-hybridized carbons (Fsp3) is 0.500. The molecular formula is C12H18N2O3S. The van der Waals surface area contributed by atoms with Gasteiger partial charge >= 0.3 is 0 Å². The molecule has 0 spiro atoms. The van der Waals surface area contributed by atoms with Crippen LogP contribution >= 0.6 is 0 Å². The van der Waals surface area contributed by atoms with Gasteiger partial charge in [-0.1, -0.05) is 6.92 Å². The average Bonchev–Trinajstić information content (AvgIpc) is 2.65. The van der Waals surface area contributed by atoms with Gasteiger partial charge in [0.15, 0.2) is 0 Å². The summed E-state index contributed by atoms with van der Waals surface area (Å²) < 4.78 is 31.8. The van der Waals surface area contributed by atoms with Gasteiger partial charge in [-0.2, -0.15) is 8.42 Å². The Morgan fingerprint density at radius 1 is 1.39 bits per heavy atom. The molecule has 0 saturated heterocycles. The lowest BCUT2D eigenvalue weighted by Crippen LogP contribution is -2.17. The zero-order valence-corrected chi connectivity index (χ0v) is 11.1. The molecule has 0 radical (unpaired) electrons. The van der Waals surface area contributed by atoms with Crippen LogP contribution in [-0.2, 0) is 10.1 Å². The predicted molar refractivity (Wildman–Crippen MR) is 71.1 cm³/mol. The Bertz CT molecular complexity index is 542. The molecule has 0 aliphatic heterocycles. The average molecular weight is 270 g/mol. The number of nitrogens with one attached hydrogen (secondary N) is 1. The molecule has 1 fully saturated rings. The number of rotatable bonds is 3. The monoisotopic (exact) mass is 270 g/mol. The van der Waals surface area contributed by atoms with E-state index in [2.05, 4.69) is 12.2 Å². The molecule has 18 heavy (non-hydrogen) atoms. The van der Waals surface area contributed by atoms with Crippen LogP contribution in [0, 0.1) is 5.92 Å². The topological polar surface area (TPSA) is 92.4 Å². The van der Waals surface area contributed by atoms with Gasteiger partial charge in [0, 0.05) is 11.7 Å². The summed E-state index contributed by atoms with van der Waals surface area (Å²) in [5.41, 5.74) is 6.29. The number of benzene rings is 1. The van der Waals surface area contributed by atoms with Crippen LogP contribution in [0.25, 0.3) is 0 Å². The summed E-state index contributed by atoms with van der Waals surface area (Å²) in [6.45, 7) is 2.17. The zero-order valence-electron chi connectivity index (χ0n) is 10.3. The third-order valence-corrected chi connectivity index (χ3v) is 4.23. The highest BCUT2D eigenvalue weighted by Crippen LogP contribution is 2.30. The van der Waals surface area contributed by atoms with E-state index in [0.29, 0.717) is 17.3 Å².